The molecule has 0 unspecified atom stereocenters. The molecule has 0 aliphatic heterocycles. The molecule has 3 rings (SSSR count). The van der Waals surface area contributed by atoms with Crippen LogP contribution >= 0.6 is 11.6 Å². The molecular formula is C17H19ClN2O. The van der Waals surface area contributed by atoms with E-state index in [1.807, 2.05) is 24.3 Å². The first-order valence-corrected chi connectivity index (χ1v) is 7.77. The summed E-state index contributed by atoms with van der Waals surface area (Å²) < 4.78 is 5.92. The van der Waals surface area contributed by atoms with Crippen molar-refractivity contribution < 1.29 is 4.74 Å². The second kappa shape index (κ2) is 6.46. The largest absolute Gasteiger partial charge is 0.439 e. The van der Waals surface area contributed by atoms with E-state index in [1.54, 1.807) is 6.20 Å². The average Bonchev–Trinajstić information content (AvgIpc) is 3.32. The van der Waals surface area contributed by atoms with Crippen LogP contribution in [0.15, 0.2) is 36.5 Å². The highest BCUT2D eigenvalue weighted by atomic mass is 35.5. The minimum Gasteiger partial charge on any atom is -0.439 e. The maximum absolute atomic E-state index is 6.20. The number of nitrogens with zero attached hydrogens (tertiary/aromatic N) is 1. The number of benzene rings is 1. The van der Waals surface area contributed by atoms with Gasteiger partial charge >= 0.3 is 0 Å². The quantitative estimate of drug-likeness (QED) is 0.862. The molecule has 2 aromatic rings. The van der Waals surface area contributed by atoms with E-state index in [0.717, 1.165) is 24.3 Å². The summed E-state index contributed by atoms with van der Waals surface area (Å²) in [5, 5.41) is 4.14. The Hall–Kier alpha value is -1.58. The lowest BCUT2D eigenvalue weighted by Gasteiger charge is -2.11. The van der Waals surface area contributed by atoms with E-state index in [4.69, 9.17) is 16.3 Å². The molecule has 4 heteroatoms. The Morgan fingerprint density at radius 2 is 2.10 bits per heavy atom. The van der Waals surface area contributed by atoms with Crippen LogP contribution in [0.2, 0.25) is 5.02 Å². The van der Waals surface area contributed by atoms with Gasteiger partial charge in [-0.3, -0.25) is 0 Å². The molecule has 1 heterocycles. The second-order valence-electron chi connectivity index (χ2n) is 5.33. The van der Waals surface area contributed by atoms with Crippen LogP contribution in [0, 0.1) is 0 Å². The zero-order valence-corrected chi connectivity index (χ0v) is 12.9. The van der Waals surface area contributed by atoms with Crippen LogP contribution in [0.5, 0.6) is 11.6 Å². The topological polar surface area (TPSA) is 34.1 Å². The summed E-state index contributed by atoms with van der Waals surface area (Å²) in [7, 11) is 0. The minimum atomic E-state index is 0.591. The Morgan fingerprint density at radius 3 is 2.86 bits per heavy atom. The monoisotopic (exact) mass is 302 g/mol. The normalized spacial score (nSPS) is 14.2. The molecule has 1 N–H and O–H groups in total. The number of aromatic nitrogens is 1. The third kappa shape index (κ3) is 3.74. The van der Waals surface area contributed by atoms with Crippen LogP contribution < -0.4 is 10.1 Å². The number of pyridine rings is 1. The van der Waals surface area contributed by atoms with Gasteiger partial charge in [0.2, 0.25) is 5.88 Å². The number of halogens is 1. The number of ether oxygens (including phenoxy) is 1. The van der Waals surface area contributed by atoms with Crippen LogP contribution in [-0.2, 0) is 13.0 Å². The fraction of sp³-hybridized carbons (Fsp3) is 0.353. The molecule has 0 saturated heterocycles. The van der Waals surface area contributed by atoms with Gasteiger partial charge in [0, 0.05) is 24.8 Å². The Labute approximate surface area is 130 Å². The summed E-state index contributed by atoms with van der Waals surface area (Å²) in [5.41, 5.74) is 2.20. The summed E-state index contributed by atoms with van der Waals surface area (Å²) >= 11 is 6.20. The molecule has 110 valence electrons. The molecule has 1 saturated carbocycles. The van der Waals surface area contributed by atoms with Crippen molar-refractivity contribution in [2.45, 2.75) is 38.8 Å². The molecule has 0 bridgehead atoms. The Bertz CT molecular complexity index is 626. The molecule has 0 amide bonds. The van der Waals surface area contributed by atoms with Gasteiger partial charge in [-0.1, -0.05) is 36.7 Å². The number of para-hydroxylation sites is 1. The Kier molecular flexibility index (Phi) is 4.42. The molecule has 0 atom stereocenters. The van der Waals surface area contributed by atoms with Gasteiger partial charge in [0.05, 0.1) is 5.02 Å². The van der Waals surface area contributed by atoms with Crippen LogP contribution in [0.25, 0.3) is 0 Å². The molecule has 1 fully saturated rings. The van der Waals surface area contributed by atoms with E-state index >= 15 is 0 Å². The number of hydrogen-bond acceptors (Lipinski definition) is 3. The molecule has 1 aromatic carbocycles. The third-order valence-corrected chi connectivity index (χ3v) is 3.98. The molecule has 0 spiro atoms. The molecule has 3 nitrogen and oxygen atoms in total. The highest BCUT2D eigenvalue weighted by Gasteiger charge is 2.20. The first kappa shape index (κ1) is 14.4. The molecule has 21 heavy (non-hydrogen) atoms. The van der Waals surface area contributed by atoms with Crippen molar-refractivity contribution in [2.24, 2.45) is 0 Å². The van der Waals surface area contributed by atoms with E-state index in [-0.39, 0.29) is 0 Å². The van der Waals surface area contributed by atoms with Gasteiger partial charge in [0.15, 0.2) is 0 Å². The summed E-state index contributed by atoms with van der Waals surface area (Å²) in [6, 6.07) is 10.6. The first-order valence-electron chi connectivity index (χ1n) is 7.40. The van der Waals surface area contributed by atoms with Crippen molar-refractivity contribution in [1.29, 1.82) is 0 Å². The first-order chi connectivity index (χ1) is 10.3. The molecule has 1 aliphatic rings. The van der Waals surface area contributed by atoms with Gasteiger partial charge in [-0.05, 0) is 36.5 Å². The number of hydrogen-bond donors (Lipinski definition) is 1. The number of aryl methyl sites for hydroxylation is 1. The molecular weight excluding hydrogens is 284 g/mol. The lowest BCUT2D eigenvalue weighted by Crippen LogP contribution is -2.15. The Balaban J connectivity index is 1.76. The van der Waals surface area contributed by atoms with Crippen molar-refractivity contribution in [3.8, 4) is 11.6 Å². The standard InChI is InChI=1S/C17H19ClN2O/c1-2-12-5-3-4-6-16(12)21-17-9-13(15(18)11-20-17)10-19-14-7-8-14/h3-6,9,11,14,19H,2,7-8,10H2,1H3. The van der Waals surface area contributed by atoms with Crippen molar-refractivity contribution >= 4 is 11.6 Å². The number of nitrogens with one attached hydrogen (secondary N) is 1. The van der Waals surface area contributed by atoms with Crippen LogP contribution in [0.3, 0.4) is 0 Å². The summed E-state index contributed by atoms with van der Waals surface area (Å²) in [4.78, 5) is 4.27. The summed E-state index contributed by atoms with van der Waals surface area (Å²) in [6.45, 7) is 2.88. The minimum absolute atomic E-state index is 0.591. The van der Waals surface area contributed by atoms with Crippen molar-refractivity contribution in [2.75, 3.05) is 0 Å². The van der Waals surface area contributed by atoms with Crippen molar-refractivity contribution in [1.82, 2.24) is 10.3 Å². The predicted octanol–water partition coefficient (Wildman–Crippen LogP) is 4.34. The highest BCUT2D eigenvalue weighted by molar-refractivity contribution is 6.31. The number of rotatable bonds is 6. The van der Waals surface area contributed by atoms with Gasteiger partial charge < -0.3 is 10.1 Å². The maximum atomic E-state index is 6.20. The van der Waals surface area contributed by atoms with Gasteiger partial charge in [-0.15, -0.1) is 0 Å². The maximum Gasteiger partial charge on any atom is 0.219 e. The smallest absolute Gasteiger partial charge is 0.219 e. The lowest BCUT2D eigenvalue weighted by molar-refractivity contribution is 0.456. The van der Waals surface area contributed by atoms with E-state index in [2.05, 4.69) is 23.3 Å². The van der Waals surface area contributed by atoms with E-state index < -0.39 is 0 Å². The SMILES string of the molecule is CCc1ccccc1Oc1cc(CNC2CC2)c(Cl)cn1. The average molecular weight is 303 g/mol. The molecule has 1 aliphatic carbocycles. The highest BCUT2D eigenvalue weighted by Crippen LogP contribution is 2.27. The second-order valence-corrected chi connectivity index (χ2v) is 5.74. The fourth-order valence-electron chi connectivity index (χ4n) is 2.20. The van der Waals surface area contributed by atoms with Gasteiger partial charge in [-0.25, -0.2) is 4.98 Å². The summed E-state index contributed by atoms with van der Waals surface area (Å²) in [5.74, 6) is 1.45. The molecule has 0 radical (unpaired) electrons. The van der Waals surface area contributed by atoms with Crippen molar-refractivity contribution in [3.63, 3.8) is 0 Å². The van der Waals surface area contributed by atoms with E-state index in [0.29, 0.717) is 16.9 Å². The zero-order chi connectivity index (χ0) is 14.7. The van der Waals surface area contributed by atoms with E-state index in [9.17, 15) is 0 Å². The summed E-state index contributed by atoms with van der Waals surface area (Å²) in [6.07, 6.45) is 5.11. The van der Waals surface area contributed by atoms with Gasteiger partial charge in [-0.2, -0.15) is 0 Å². The Morgan fingerprint density at radius 1 is 1.29 bits per heavy atom. The zero-order valence-electron chi connectivity index (χ0n) is 12.1. The van der Waals surface area contributed by atoms with Crippen LogP contribution in [0.4, 0.5) is 0 Å². The van der Waals surface area contributed by atoms with Gasteiger partial charge in [0.1, 0.15) is 5.75 Å². The van der Waals surface area contributed by atoms with Crippen molar-refractivity contribution in [3.05, 3.63) is 52.7 Å². The van der Waals surface area contributed by atoms with Crippen LogP contribution in [0.1, 0.15) is 30.9 Å². The fourth-order valence-corrected chi connectivity index (χ4v) is 2.37. The molecule has 1 aromatic heterocycles. The predicted molar refractivity (Wildman–Crippen MR) is 85.0 cm³/mol. The van der Waals surface area contributed by atoms with Gasteiger partial charge in [0.25, 0.3) is 0 Å². The van der Waals surface area contributed by atoms with Crippen LogP contribution in [-0.4, -0.2) is 11.0 Å². The van der Waals surface area contributed by atoms with E-state index in [1.165, 1.54) is 18.4 Å². The lowest BCUT2D eigenvalue weighted by atomic mass is 10.1. The third-order valence-electron chi connectivity index (χ3n) is 3.64.